The number of hydrogen-bond donors (Lipinski definition) is 4. The Bertz CT molecular complexity index is 674. The first kappa shape index (κ1) is 16.2. The molecule has 0 saturated heterocycles. The number of nitrogens with one attached hydrogen (secondary N) is 1. The molecule has 0 saturated carbocycles. The molecule has 2 aromatic rings. The number of anilines is 1. The van der Waals surface area contributed by atoms with Crippen LogP contribution >= 0.6 is 11.3 Å². The van der Waals surface area contributed by atoms with Crippen LogP contribution in [0.3, 0.4) is 0 Å². The van der Waals surface area contributed by atoms with Crippen LogP contribution in [0.2, 0.25) is 0 Å². The monoisotopic (exact) mass is 310 g/mol. The SMILES string of the molecule is Cc1csc(=NN)n1C(=O)Nc1ccccc1.O=C(O)O. The maximum Gasteiger partial charge on any atom is 0.503 e. The molecule has 8 nitrogen and oxygen atoms in total. The Hall–Kier alpha value is -2.81. The zero-order valence-corrected chi connectivity index (χ0v) is 11.9. The number of thiazole rings is 1. The molecule has 5 N–H and O–H groups in total. The molecule has 0 bridgehead atoms. The Labute approximate surface area is 123 Å². The lowest BCUT2D eigenvalue weighted by atomic mass is 10.3. The van der Waals surface area contributed by atoms with E-state index >= 15 is 0 Å². The van der Waals surface area contributed by atoms with Crippen LogP contribution in [0.5, 0.6) is 0 Å². The summed E-state index contributed by atoms with van der Waals surface area (Å²) in [5.74, 6) is 5.23. The van der Waals surface area contributed by atoms with E-state index in [0.717, 1.165) is 11.4 Å². The summed E-state index contributed by atoms with van der Waals surface area (Å²) >= 11 is 1.33. The van der Waals surface area contributed by atoms with Crippen molar-refractivity contribution in [1.82, 2.24) is 4.57 Å². The third-order valence-electron chi connectivity index (χ3n) is 2.22. The third kappa shape index (κ3) is 4.99. The maximum absolute atomic E-state index is 12.0. The van der Waals surface area contributed by atoms with Crippen molar-refractivity contribution in [3.8, 4) is 0 Å². The van der Waals surface area contributed by atoms with Gasteiger partial charge in [0.2, 0.25) is 4.80 Å². The van der Waals surface area contributed by atoms with Gasteiger partial charge < -0.3 is 21.4 Å². The first-order chi connectivity index (χ1) is 9.95. The summed E-state index contributed by atoms with van der Waals surface area (Å²) < 4.78 is 1.44. The van der Waals surface area contributed by atoms with Gasteiger partial charge in [0.25, 0.3) is 0 Å². The number of hydrogen-bond acceptors (Lipinski definition) is 5. The van der Waals surface area contributed by atoms with E-state index < -0.39 is 6.16 Å². The number of aryl methyl sites for hydroxylation is 1. The van der Waals surface area contributed by atoms with Crippen molar-refractivity contribution in [2.75, 3.05) is 5.32 Å². The van der Waals surface area contributed by atoms with Gasteiger partial charge >= 0.3 is 12.2 Å². The van der Waals surface area contributed by atoms with E-state index in [1.165, 1.54) is 15.9 Å². The fraction of sp³-hybridized carbons (Fsp3) is 0.0833. The number of rotatable bonds is 1. The minimum atomic E-state index is -1.83. The minimum Gasteiger partial charge on any atom is -0.450 e. The number of carbonyl (C=O) groups is 2. The summed E-state index contributed by atoms with van der Waals surface area (Å²) in [5.41, 5.74) is 1.53. The summed E-state index contributed by atoms with van der Waals surface area (Å²) in [6.45, 7) is 1.83. The first-order valence-electron chi connectivity index (χ1n) is 5.65. The van der Waals surface area contributed by atoms with Gasteiger partial charge in [-0.1, -0.05) is 18.2 Å². The number of nitrogens with zero attached hydrogens (tertiary/aromatic N) is 2. The minimum absolute atomic E-state index is 0.265. The van der Waals surface area contributed by atoms with Gasteiger partial charge in [0.05, 0.1) is 0 Å². The molecule has 21 heavy (non-hydrogen) atoms. The predicted octanol–water partition coefficient (Wildman–Crippen LogP) is 1.94. The molecule has 0 spiro atoms. The number of para-hydroxylation sites is 1. The molecule has 0 unspecified atom stereocenters. The number of benzene rings is 1. The summed E-state index contributed by atoms with van der Waals surface area (Å²) in [7, 11) is 0. The molecule has 1 heterocycles. The molecule has 0 radical (unpaired) electrons. The summed E-state index contributed by atoms with van der Waals surface area (Å²) in [5, 5.41) is 22.1. The normalized spacial score (nSPS) is 10.4. The van der Waals surface area contributed by atoms with Gasteiger partial charge in [0.1, 0.15) is 0 Å². The fourth-order valence-electron chi connectivity index (χ4n) is 1.43. The van der Waals surface area contributed by atoms with Crippen molar-refractivity contribution in [3.63, 3.8) is 0 Å². The average molecular weight is 310 g/mol. The molecule has 2 rings (SSSR count). The molecule has 0 aliphatic heterocycles. The maximum atomic E-state index is 12.0. The molecule has 0 fully saturated rings. The van der Waals surface area contributed by atoms with E-state index in [1.54, 1.807) is 0 Å². The van der Waals surface area contributed by atoms with Crippen LogP contribution in [0.25, 0.3) is 0 Å². The lowest BCUT2D eigenvalue weighted by molar-refractivity contribution is 0.137. The first-order valence-corrected chi connectivity index (χ1v) is 6.53. The van der Waals surface area contributed by atoms with Crippen LogP contribution in [-0.2, 0) is 0 Å². The Morgan fingerprint density at radius 1 is 1.29 bits per heavy atom. The Morgan fingerprint density at radius 2 is 1.86 bits per heavy atom. The van der Waals surface area contributed by atoms with Gasteiger partial charge in [-0.3, -0.25) is 0 Å². The Balaban J connectivity index is 0.000000491. The molecular weight excluding hydrogens is 296 g/mol. The van der Waals surface area contributed by atoms with Gasteiger partial charge in [-0.2, -0.15) is 5.10 Å². The Morgan fingerprint density at radius 3 is 2.38 bits per heavy atom. The van der Waals surface area contributed by atoms with Crippen LogP contribution in [0.15, 0.2) is 40.8 Å². The number of carboxylic acid groups (broad SMARTS) is 2. The molecule has 112 valence electrons. The van der Waals surface area contributed by atoms with E-state index in [1.807, 2.05) is 42.6 Å². The molecule has 0 atom stereocenters. The highest BCUT2D eigenvalue weighted by Gasteiger charge is 2.10. The van der Waals surface area contributed by atoms with E-state index in [0.29, 0.717) is 4.80 Å². The molecular formula is C12H14N4O4S. The second kappa shape index (κ2) is 7.70. The summed E-state index contributed by atoms with van der Waals surface area (Å²) in [6.07, 6.45) is -1.83. The number of carbonyl (C=O) groups excluding carboxylic acids is 1. The molecule has 1 aromatic heterocycles. The fourth-order valence-corrected chi connectivity index (χ4v) is 2.20. The summed E-state index contributed by atoms with van der Waals surface area (Å²) in [6, 6.07) is 8.97. The number of amides is 1. The quantitative estimate of drug-likeness (QED) is 0.472. The van der Waals surface area contributed by atoms with E-state index in [-0.39, 0.29) is 6.03 Å². The molecule has 1 amide bonds. The predicted molar refractivity (Wildman–Crippen MR) is 78.3 cm³/mol. The second-order valence-electron chi connectivity index (χ2n) is 3.70. The number of nitrogens with two attached hydrogens (primary N) is 1. The highest BCUT2D eigenvalue weighted by molar-refractivity contribution is 7.07. The lowest BCUT2D eigenvalue weighted by Gasteiger charge is -2.06. The Kier molecular flexibility index (Phi) is 5.96. The van der Waals surface area contributed by atoms with Crippen molar-refractivity contribution in [2.24, 2.45) is 10.9 Å². The third-order valence-corrected chi connectivity index (χ3v) is 3.18. The van der Waals surface area contributed by atoms with E-state index in [2.05, 4.69) is 10.4 Å². The van der Waals surface area contributed by atoms with Crippen LogP contribution < -0.4 is 16.0 Å². The van der Waals surface area contributed by atoms with Gasteiger partial charge in [0.15, 0.2) is 0 Å². The van der Waals surface area contributed by atoms with Crippen LogP contribution in [0, 0.1) is 6.92 Å². The highest BCUT2D eigenvalue weighted by Crippen LogP contribution is 2.07. The van der Waals surface area contributed by atoms with Crippen LogP contribution in [0.1, 0.15) is 5.69 Å². The molecule has 0 aliphatic carbocycles. The van der Waals surface area contributed by atoms with Crippen molar-refractivity contribution in [1.29, 1.82) is 0 Å². The zero-order valence-electron chi connectivity index (χ0n) is 11.1. The van der Waals surface area contributed by atoms with E-state index in [9.17, 15) is 4.79 Å². The van der Waals surface area contributed by atoms with Gasteiger partial charge in [-0.15, -0.1) is 11.3 Å². The van der Waals surface area contributed by atoms with Gasteiger partial charge in [0, 0.05) is 16.8 Å². The van der Waals surface area contributed by atoms with Crippen molar-refractivity contribution >= 4 is 29.2 Å². The van der Waals surface area contributed by atoms with Gasteiger partial charge in [-0.25, -0.2) is 14.2 Å². The standard InChI is InChI=1S/C11H12N4OS.CH2O3/c1-8-7-17-11(14-12)15(8)10(16)13-9-5-3-2-4-6-9;2-1(3)4/h2-7H,12H2,1H3,(H,13,16);(H2,2,3,4). The smallest absolute Gasteiger partial charge is 0.450 e. The molecule has 9 heteroatoms. The topological polar surface area (TPSA) is 130 Å². The molecule has 1 aromatic carbocycles. The van der Waals surface area contributed by atoms with Crippen LogP contribution in [-0.4, -0.2) is 27.0 Å². The molecule has 0 aliphatic rings. The van der Waals surface area contributed by atoms with Crippen molar-refractivity contribution in [2.45, 2.75) is 6.92 Å². The van der Waals surface area contributed by atoms with Crippen molar-refractivity contribution < 1.29 is 19.8 Å². The van der Waals surface area contributed by atoms with Gasteiger partial charge in [-0.05, 0) is 19.1 Å². The van der Waals surface area contributed by atoms with Crippen molar-refractivity contribution in [3.05, 3.63) is 46.2 Å². The second-order valence-corrected chi connectivity index (χ2v) is 4.54. The number of aromatic nitrogens is 1. The lowest BCUT2D eigenvalue weighted by Crippen LogP contribution is -2.29. The highest BCUT2D eigenvalue weighted by atomic mass is 32.1. The summed E-state index contributed by atoms with van der Waals surface area (Å²) in [4.78, 5) is 21.0. The van der Waals surface area contributed by atoms with E-state index in [4.69, 9.17) is 20.9 Å². The largest absolute Gasteiger partial charge is 0.503 e. The average Bonchev–Trinajstić information content (AvgIpc) is 2.80. The van der Waals surface area contributed by atoms with Crippen LogP contribution in [0.4, 0.5) is 15.3 Å². The zero-order chi connectivity index (χ0) is 15.8.